The molecule has 9 heteroatoms. The lowest BCUT2D eigenvalue weighted by atomic mass is 10.1. The van der Waals surface area contributed by atoms with Crippen molar-refractivity contribution in [2.24, 2.45) is 5.73 Å². The van der Waals surface area contributed by atoms with Crippen molar-refractivity contribution in [1.82, 2.24) is 9.78 Å². The molecule has 1 amide bonds. The normalized spacial score (nSPS) is 11.6. The molecule has 0 aliphatic heterocycles. The van der Waals surface area contributed by atoms with Crippen LogP contribution in [0.1, 0.15) is 21.6 Å². The van der Waals surface area contributed by atoms with Crippen LogP contribution in [-0.2, 0) is 22.1 Å². The van der Waals surface area contributed by atoms with Crippen LogP contribution < -0.4 is 10.5 Å². The number of nitrogens with zero attached hydrogens (tertiary/aromatic N) is 2. The Kier molecular flexibility index (Phi) is 5.31. The molecule has 4 rings (SSSR count). The maximum atomic E-state index is 12.9. The summed E-state index contributed by atoms with van der Waals surface area (Å²) < 4.78 is 33.2. The second-order valence-electron chi connectivity index (χ2n) is 6.71. The van der Waals surface area contributed by atoms with Gasteiger partial charge in [-0.1, -0.05) is 24.3 Å². The highest BCUT2D eigenvalue weighted by atomic mass is 32.2. The number of benzene rings is 2. The number of methoxy groups -OCH3 is 1. The molecule has 0 saturated carbocycles. The Bertz CT molecular complexity index is 1330. The summed E-state index contributed by atoms with van der Waals surface area (Å²) in [6.45, 7) is 0.351. The maximum Gasteiger partial charge on any atom is 0.248 e. The Balaban J connectivity index is 1.80. The molecule has 0 aliphatic carbocycles. The first kappa shape index (κ1) is 20.1. The number of ether oxygens (including phenoxy) is 1. The zero-order chi connectivity index (χ0) is 21.3. The Hall–Kier alpha value is -3.17. The second kappa shape index (κ2) is 7.92. The summed E-state index contributed by atoms with van der Waals surface area (Å²) in [5.41, 5.74) is 7.77. The molecule has 0 fully saturated rings. The molecule has 30 heavy (non-hydrogen) atoms. The van der Waals surface area contributed by atoms with Gasteiger partial charge < -0.3 is 10.5 Å². The predicted molar refractivity (Wildman–Crippen MR) is 116 cm³/mol. The van der Waals surface area contributed by atoms with Gasteiger partial charge in [0.1, 0.15) is 15.7 Å². The Morgan fingerprint density at radius 1 is 1.17 bits per heavy atom. The van der Waals surface area contributed by atoms with Gasteiger partial charge in [0.25, 0.3) is 0 Å². The number of thiophene rings is 1. The van der Waals surface area contributed by atoms with Crippen LogP contribution in [0.4, 0.5) is 0 Å². The van der Waals surface area contributed by atoms with Crippen molar-refractivity contribution >= 4 is 38.0 Å². The quantitative estimate of drug-likeness (QED) is 0.474. The minimum absolute atomic E-state index is 0.237. The van der Waals surface area contributed by atoms with Crippen molar-refractivity contribution in [3.63, 3.8) is 0 Å². The van der Waals surface area contributed by atoms with Crippen LogP contribution in [0.2, 0.25) is 0 Å². The maximum absolute atomic E-state index is 12.9. The lowest BCUT2D eigenvalue weighted by molar-refractivity contribution is 0.1000. The van der Waals surface area contributed by atoms with Gasteiger partial charge in [-0.05, 0) is 41.3 Å². The lowest BCUT2D eigenvalue weighted by Crippen LogP contribution is -2.12. The van der Waals surface area contributed by atoms with Crippen molar-refractivity contribution in [3.8, 4) is 5.75 Å². The molecule has 2 aromatic carbocycles. The molecule has 0 atom stereocenters. The van der Waals surface area contributed by atoms with E-state index in [1.807, 2.05) is 18.2 Å². The highest BCUT2D eigenvalue weighted by molar-refractivity contribution is 7.92. The zero-order valence-electron chi connectivity index (χ0n) is 16.1. The first-order valence-electron chi connectivity index (χ1n) is 9.06. The third-order valence-electron chi connectivity index (χ3n) is 4.70. The van der Waals surface area contributed by atoms with Gasteiger partial charge in [-0.25, -0.2) is 8.42 Å². The van der Waals surface area contributed by atoms with Crippen molar-refractivity contribution in [2.45, 2.75) is 16.5 Å². The number of fused-ring (bicyclic) bond motifs is 1. The monoisotopic (exact) mass is 441 g/mol. The van der Waals surface area contributed by atoms with Crippen LogP contribution in [0.25, 0.3) is 10.9 Å². The number of nitrogens with two attached hydrogens (primary N) is 1. The van der Waals surface area contributed by atoms with E-state index < -0.39 is 15.7 Å². The molecular weight excluding hydrogens is 422 g/mol. The lowest BCUT2D eigenvalue weighted by Gasteiger charge is -2.06. The number of sulfone groups is 1. The fourth-order valence-corrected chi connectivity index (χ4v) is 5.72. The van der Waals surface area contributed by atoms with Crippen molar-refractivity contribution in [1.29, 1.82) is 0 Å². The molecule has 2 N–H and O–H groups in total. The number of hydrogen-bond acceptors (Lipinski definition) is 6. The van der Waals surface area contributed by atoms with Gasteiger partial charge in [0.05, 0.1) is 30.3 Å². The molecule has 7 nitrogen and oxygen atoms in total. The number of rotatable bonds is 7. The molecule has 4 aromatic rings. The van der Waals surface area contributed by atoms with Gasteiger partial charge in [-0.3, -0.25) is 9.48 Å². The van der Waals surface area contributed by atoms with Crippen LogP contribution in [0.5, 0.6) is 5.75 Å². The average Bonchev–Trinajstić information content (AvgIpc) is 3.38. The fourth-order valence-electron chi connectivity index (χ4n) is 3.35. The van der Waals surface area contributed by atoms with E-state index >= 15 is 0 Å². The van der Waals surface area contributed by atoms with E-state index in [0.29, 0.717) is 33.1 Å². The van der Waals surface area contributed by atoms with Crippen LogP contribution >= 0.6 is 11.3 Å². The van der Waals surface area contributed by atoms with Gasteiger partial charge >= 0.3 is 0 Å². The number of carbonyl (C=O) groups excluding carboxylic acids is 1. The molecule has 0 saturated heterocycles. The summed E-state index contributed by atoms with van der Waals surface area (Å²) in [6, 6.07) is 15.7. The first-order chi connectivity index (χ1) is 14.4. The zero-order valence-corrected chi connectivity index (χ0v) is 17.7. The predicted octanol–water partition coefficient (Wildman–Crippen LogP) is 3.23. The smallest absolute Gasteiger partial charge is 0.248 e. The topological polar surface area (TPSA) is 104 Å². The number of aromatic nitrogens is 2. The molecule has 0 aliphatic rings. The Labute approximate surface area is 177 Å². The minimum Gasteiger partial charge on any atom is -0.496 e. The summed E-state index contributed by atoms with van der Waals surface area (Å²) in [6.07, 6.45) is 0. The Morgan fingerprint density at radius 3 is 2.67 bits per heavy atom. The third kappa shape index (κ3) is 3.81. The highest BCUT2D eigenvalue weighted by Crippen LogP contribution is 2.32. The largest absolute Gasteiger partial charge is 0.496 e. The van der Waals surface area contributed by atoms with Crippen LogP contribution in [-0.4, -0.2) is 31.2 Å². The van der Waals surface area contributed by atoms with E-state index in [9.17, 15) is 13.2 Å². The first-order valence-corrected chi connectivity index (χ1v) is 11.6. The molecule has 0 unspecified atom stereocenters. The Morgan fingerprint density at radius 2 is 1.97 bits per heavy atom. The number of carbonyl (C=O) groups is 1. The van der Waals surface area contributed by atoms with Gasteiger partial charge in [0.15, 0.2) is 9.84 Å². The minimum atomic E-state index is -3.54. The molecule has 0 radical (unpaired) electrons. The van der Waals surface area contributed by atoms with Gasteiger partial charge in [0, 0.05) is 5.56 Å². The molecule has 154 valence electrons. The fraction of sp³-hybridized carbons (Fsp3) is 0.143. The van der Waals surface area contributed by atoms with Crippen LogP contribution in [0.15, 0.2) is 64.2 Å². The molecule has 0 bridgehead atoms. The summed E-state index contributed by atoms with van der Waals surface area (Å²) in [5.74, 6) is -0.189. The highest BCUT2D eigenvalue weighted by Gasteiger charge is 2.23. The van der Waals surface area contributed by atoms with Crippen molar-refractivity contribution in [2.75, 3.05) is 7.11 Å². The van der Waals surface area contributed by atoms with E-state index in [-0.39, 0.29) is 5.75 Å². The summed E-state index contributed by atoms with van der Waals surface area (Å²) >= 11 is 1.18. The number of primary amides is 1. The van der Waals surface area contributed by atoms with E-state index in [1.165, 1.54) is 11.3 Å². The molecule has 2 aromatic heterocycles. The average molecular weight is 442 g/mol. The molecular formula is C21H19N3O4S2. The number of hydrogen-bond donors (Lipinski definition) is 1. The SMILES string of the molecule is COc1cccc2c1c(CS(=O)(=O)c1cccs1)nn2Cc1cccc(C(N)=O)c1. The van der Waals surface area contributed by atoms with Gasteiger partial charge in [-0.15, -0.1) is 11.3 Å². The summed E-state index contributed by atoms with van der Waals surface area (Å²) in [4.78, 5) is 11.5. The molecule has 2 heterocycles. The van der Waals surface area contributed by atoms with E-state index in [1.54, 1.807) is 53.6 Å². The second-order valence-corrected chi connectivity index (χ2v) is 9.88. The third-order valence-corrected chi connectivity index (χ3v) is 7.82. The summed E-state index contributed by atoms with van der Waals surface area (Å²) in [7, 11) is -2.00. The van der Waals surface area contributed by atoms with E-state index in [4.69, 9.17) is 10.5 Å². The van der Waals surface area contributed by atoms with Crippen molar-refractivity contribution in [3.05, 3.63) is 76.8 Å². The van der Waals surface area contributed by atoms with Crippen LogP contribution in [0, 0.1) is 0 Å². The number of amides is 1. The summed E-state index contributed by atoms with van der Waals surface area (Å²) in [5, 5.41) is 7.00. The van der Waals surface area contributed by atoms with Crippen LogP contribution in [0.3, 0.4) is 0 Å². The van der Waals surface area contributed by atoms with Gasteiger partial charge in [0.2, 0.25) is 5.91 Å². The standard InChI is InChI=1S/C21H19N3O4S2/c1-28-18-8-3-7-17-20(18)16(13-30(26,27)19-9-4-10-29-19)23-24(17)12-14-5-2-6-15(11-14)21(22)25/h2-11H,12-13H2,1H3,(H2,22,25). The molecule has 0 spiro atoms. The van der Waals surface area contributed by atoms with Gasteiger partial charge in [-0.2, -0.15) is 5.10 Å². The van der Waals surface area contributed by atoms with Crippen molar-refractivity contribution < 1.29 is 17.9 Å². The van der Waals surface area contributed by atoms with E-state index in [2.05, 4.69) is 5.10 Å². The van der Waals surface area contributed by atoms with E-state index in [0.717, 1.165) is 11.1 Å².